The van der Waals surface area contributed by atoms with E-state index in [2.05, 4.69) is 5.32 Å². The second-order valence-corrected chi connectivity index (χ2v) is 2.82. The Labute approximate surface area is 95.2 Å². The fourth-order valence-electron chi connectivity index (χ4n) is 0.992. The molecular formula is C10H15ClN2O2. The highest BCUT2D eigenvalue weighted by Crippen LogP contribution is 2.04. The standard InChI is InChI=1S/C10H14N2O2.ClH/c1-2-14-10(13)12-7-8-3-5-9(11)6-4-8;/h3-6H,2,7,11H2,1H3,(H,12,13);1H. The van der Waals surface area contributed by atoms with E-state index in [9.17, 15) is 4.79 Å². The molecule has 1 rings (SSSR count). The van der Waals surface area contributed by atoms with Crippen molar-refractivity contribution in [1.29, 1.82) is 0 Å². The third kappa shape index (κ3) is 5.12. The summed E-state index contributed by atoms with van der Waals surface area (Å²) in [4.78, 5) is 10.9. The van der Waals surface area contributed by atoms with Gasteiger partial charge in [-0.15, -0.1) is 12.4 Å². The van der Waals surface area contributed by atoms with Gasteiger partial charge in [0.2, 0.25) is 0 Å². The molecule has 0 saturated heterocycles. The first-order valence-corrected chi connectivity index (χ1v) is 4.47. The predicted octanol–water partition coefficient (Wildman–Crippen LogP) is 1.94. The number of ether oxygens (including phenoxy) is 1. The van der Waals surface area contributed by atoms with Crippen molar-refractivity contribution in [3.8, 4) is 0 Å². The lowest BCUT2D eigenvalue weighted by molar-refractivity contribution is 0.151. The number of hydrogen-bond acceptors (Lipinski definition) is 3. The van der Waals surface area contributed by atoms with Crippen LogP contribution in [-0.2, 0) is 11.3 Å². The fraction of sp³-hybridized carbons (Fsp3) is 0.300. The summed E-state index contributed by atoms with van der Waals surface area (Å²) in [5, 5.41) is 2.62. The second kappa shape index (κ2) is 6.95. The number of benzene rings is 1. The molecule has 0 heterocycles. The van der Waals surface area contributed by atoms with Crippen molar-refractivity contribution < 1.29 is 9.53 Å². The molecule has 0 aliphatic carbocycles. The van der Waals surface area contributed by atoms with E-state index in [1.807, 2.05) is 12.1 Å². The fourth-order valence-corrected chi connectivity index (χ4v) is 0.992. The number of nitrogens with two attached hydrogens (primary N) is 1. The molecule has 0 unspecified atom stereocenters. The SMILES string of the molecule is CCOC(=O)NCc1ccc(N)cc1.Cl. The summed E-state index contributed by atoms with van der Waals surface area (Å²) >= 11 is 0. The maximum absolute atomic E-state index is 10.9. The highest BCUT2D eigenvalue weighted by molar-refractivity contribution is 5.85. The lowest BCUT2D eigenvalue weighted by atomic mass is 10.2. The van der Waals surface area contributed by atoms with Gasteiger partial charge in [-0.2, -0.15) is 0 Å². The van der Waals surface area contributed by atoms with E-state index >= 15 is 0 Å². The zero-order valence-corrected chi connectivity index (χ0v) is 9.34. The molecule has 84 valence electrons. The molecule has 5 heteroatoms. The van der Waals surface area contributed by atoms with E-state index in [-0.39, 0.29) is 12.4 Å². The smallest absolute Gasteiger partial charge is 0.407 e. The van der Waals surface area contributed by atoms with Crippen molar-refractivity contribution in [2.24, 2.45) is 0 Å². The van der Waals surface area contributed by atoms with Crippen molar-refractivity contribution >= 4 is 24.2 Å². The van der Waals surface area contributed by atoms with Gasteiger partial charge in [0.05, 0.1) is 6.61 Å². The Hall–Kier alpha value is -1.42. The van der Waals surface area contributed by atoms with Crippen LogP contribution in [0.2, 0.25) is 0 Å². The summed E-state index contributed by atoms with van der Waals surface area (Å²) in [5.74, 6) is 0. The number of carbonyl (C=O) groups is 1. The van der Waals surface area contributed by atoms with Crippen LogP contribution in [0.5, 0.6) is 0 Å². The zero-order valence-electron chi connectivity index (χ0n) is 8.53. The van der Waals surface area contributed by atoms with Crippen LogP contribution in [0, 0.1) is 0 Å². The Morgan fingerprint density at radius 1 is 1.40 bits per heavy atom. The number of carbonyl (C=O) groups excluding carboxylic acids is 1. The summed E-state index contributed by atoms with van der Waals surface area (Å²) in [7, 11) is 0. The van der Waals surface area contributed by atoms with E-state index in [4.69, 9.17) is 10.5 Å². The van der Waals surface area contributed by atoms with E-state index < -0.39 is 6.09 Å². The molecule has 0 fully saturated rings. The van der Waals surface area contributed by atoms with Gasteiger partial charge in [0.15, 0.2) is 0 Å². The van der Waals surface area contributed by atoms with Crippen LogP contribution >= 0.6 is 12.4 Å². The minimum absolute atomic E-state index is 0. The minimum Gasteiger partial charge on any atom is -0.450 e. The molecule has 1 aromatic rings. The van der Waals surface area contributed by atoms with Crippen molar-refractivity contribution in [3.63, 3.8) is 0 Å². The van der Waals surface area contributed by atoms with E-state index in [0.29, 0.717) is 18.8 Å². The third-order valence-electron chi connectivity index (χ3n) is 1.69. The summed E-state index contributed by atoms with van der Waals surface area (Å²) in [6.45, 7) is 2.61. The number of nitrogen functional groups attached to an aromatic ring is 1. The molecule has 4 nitrogen and oxygen atoms in total. The lowest BCUT2D eigenvalue weighted by Crippen LogP contribution is -2.23. The number of hydrogen-bond donors (Lipinski definition) is 2. The highest BCUT2D eigenvalue weighted by Gasteiger charge is 1.99. The Morgan fingerprint density at radius 2 is 2.00 bits per heavy atom. The Bertz CT molecular complexity index is 301. The first-order chi connectivity index (χ1) is 6.72. The van der Waals surface area contributed by atoms with Crippen LogP contribution in [0.3, 0.4) is 0 Å². The van der Waals surface area contributed by atoms with Crippen molar-refractivity contribution in [2.75, 3.05) is 12.3 Å². The van der Waals surface area contributed by atoms with Gasteiger partial charge in [-0.25, -0.2) is 4.79 Å². The maximum atomic E-state index is 10.9. The topological polar surface area (TPSA) is 64.3 Å². The van der Waals surface area contributed by atoms with Gasteiger partial charge in [0, 0.05) is 12.2 Å². The Morgan fingerprint density at radius 3 is 2.53 bits per heavy atom. The van der Waals surface area contributed by atoms with E-state index in [1.165, 1.54) is 0 Å². The van der Waals surface area contributed by atoms with Crippen molar-refractivity contribution in [2.45, 2.75) is 13.5 Å². The maximum Gasteiger partial charge on any atom is 0.407 e. The molecule has 0 bridgehead atoms. The van der Waals surface area contributed by atoms with Crippen molar-refractivity contribution in [3.05, 3.63) is 29.8 Å². The Balaban J connectivity index is 0.00000196. The van der Waals surface area contributed by atoms with E-state index in [1.54, 1.807) is 19.1 Å². The van der Waals surface area contributed by atoms with Gasteiger partial charge in [-0.05, 0) is 24.6 Å². The molecule has 1 amide bonds. The molecule has 0 aromatic heterocycles. The van der Waals surface area contributed by atoms with Gasteiger partial charge in [-0.3, -0.25) is 0 Å². The van der Waals surface area contributed by atoms with Gasteiger partial charge < -0.3 is 15.8 Å². The molecule has 3 N–H and O–H groups in total. The number of halogens is 1. The summed E-state index contributed by atoms with van der Waals surface area (Å²) in [5.41, 5.74) is 7.22. The third-order valence-corrected chi connectivity index (χ3v) is 1.69. The summed E-state index contributed by atoms with van der Waals surface area (Å²) in [6, 6.07) is 7.31. The highest BCUT2D eigenvalue weighted by atomic mass is 35.5. The van der Waals surface area contributed by atoms with Crippen LogP contribution in [0.25, 0.3) is 0 Å². The molecule has 15 heavy (non-hydrogen) atoms. The average molecular weight is 231 g/mol. The number of rotatable bonds is 3. The second-order valence-electron chi connectivity index (χ2n) is 2.82. The van der Waals surface area contributed by atoms with Crippen LogP contribution in [0.15, 0.2) is 24.3 Å². The average Bonchev–Trinajstić information content (AvgIpc) is 2.17. The molecule has 0 aliphatic rings. The number of nitrogens with one attached hydrogen (secondary N) is 1. The largest absolute Gasteiger partial charge is 0.450 e. The van der Waals surface area contributed by atoms with Gasteiger partial charge in [0.1, 0.15) is 0 Å². The molecular weight excluding hydrogens is 216 g/mol. The monoisotopic (exact) mass is 230 g/mol. The molecule has 0 spiro atoms. The van der Waals surface area contributed by atoms with Gasteiger partial charge in [-0.1, -0.05) is 12.1 Å². The predicted molar refractivity (Wildman–Crippen MR) is 62.0 cm³/mol. The van der Waals surface area contributed by atoms with E-state index in [0.717, 1.165) is 5.56 Å². The zero-order chi connectivity index (χ0) is 10.4. The molecule has 1 aromatic carbocycles. The van der Waals surface area contributed by atoms with Crippen LogP contribution < -0.4 is 11.1 Å². The van der Waals surface area contributed by atoms with Gasteiger partial charge >= 0.3 is 6.09 Å². The summed E-state index contributed by atoms with van der Waals surface area (Å²) < 4.78 is 4.71. The molecule has 0 atom stereocenters. The van der Waals surface area contributed by atoms with Crippen LogP contribution in [0.1, 0.15) is 12.5 Å². The number of alkyl carbamates (subject to hydrolysis) is 1. The normalized spacial score (nSPS) is 8.87. The lowest BCUT2D eigenvalue weighted by Gasteiger charge is -2.05. The number of anilines is 1. The Kier molecular flexibility index (Phi) is 6.29. The van der Waals surface area contributed by atoms with Crippen molar-refractivity contribution in [1.82, 2.24) is 5.32 Å². The van der Waals surface area contributed by atoms with Crippen LogP contribution in [-0.4, -0.2) is 12.7 Å². The quantitative estimate of drug-likeness (QED) is 0.780. The minimum atomic E-state index is -0.399. The summed E-state index contributed by atoms with van der Waals surface area (Å²) in [6.07, 6.45) is -0.399. The molecule has 0 radical (unpaired) electrons. The molecule has 0 saturated carbocycles. The van der Waals surface area contributed by atoms with Crippen LogP contribution in [0.4, 0.5) is 10.5 Å². The first-order valence-electron chi connectivity index (χ1n) is 4.47. The molecule has 0 aliphatic heterocycles. The van der Waals surface area contributed by atoms with Gasteiger partial charge in [0.25, 0.3) is 0 Å². The number of amides is 1. The first kappa shape index (κ1) is 13.6.